The van der Waals surface area contributed by atoms with Gasteiger partial charge in [-0.3, -0.25) is 9.59 Å². The molecule has 2 amide bonds. The Bertz CT molecular complexity index is 1210. The van der Waals surface area contributed by atoms with Gasteiger partial charge < -0.3 is 10.6 Å². The predicted octanol–water partition coefficient (Wildman–Crippen LogP) is 6.03. The van der Waals surface area contributed by atoms with Gasteiger partial charge in [0.05, 0.1) is 0 Å². The van der Waals surface area contributed by atoms with Crippen molar-refractivity contribution in [3.63, 3.8) is 0 Å². The first kappa shape index (κ1) is 26.2. The maximum atomic E-state index is 13.3. The van der Waals surface area contributed by atoms with Crippen molar-refractivity contribution in [2.45, 2.75) is 30.2 Å². The van der Waals surface area contributed by atoms with Gasteiger partial charge in [-0.25, -0.2) is 0 Å². The Kier molecular flexibility index (Phi) is 9.50. The topological polar surface area (TPSA) is 58.2 Å². The minimum Gasteiger partial charge on any atom is -0.354 e. The van der Waals surface area contributed by atoms with Crippen LogP contribution >= 0.6 is 11.6 Å². The summed E-state index contributed by atoms with van der Waals surface area (Å²) in [6.45, 7) is 0.470. The number of carbonyl (C=O) groups is 2. The highest BCUT2D eigenvalue weighted by Crippen LogP contribution is 2.27. The number of benzene rings is 4. The van der Waals surface area contributed by atoms with Gasteiger partial charge in [0.2, 0.25) is 11.8 Å². The third-order valence-corrected chi connectivity index (χ3v) is 6.82. The summed E-state index contributed by atoms with van der Waals surface area (Å²) in [6.07, 6.45) is 1.10. The van der Waals surface area contributed by atoms with E-state index >= 15 is 0 Å². The lowest BCUT2D eigenvalue weighted by Gasteiger charge is -2.22. The van der Waals surface area contributed by atoms with Crippen LogP contribution in [-0.4, -0.2) is 24.4 Å². The van der Waals surface area contributed by atoms with Crippen molar-refractivity contribution in [1.82, 2.24) is 10.6 Å². The number of alkyl halides is 1. The minimum absolute atomic E-state index is 0.148. The molecule has 2 N–H and O–H groups in total. The van der Waals surface area contributed by atoms with E-state index in [-0.39, 0.29) is 11.8 Å². The number of rotatable bonds is 11. The summed E-state index contributed by atoms with van der Waals surface area (Å²) in [5.41, 5.74) is 4.05. The average Bonchev–Trinajstić information content (AvgIpc) is 2.96. The monoisotopic (exact) mass is 510 g/mol. The summed E-state index contributed by atoms with van der Waals surface area (Å²) >= 11 is 6.45. The van der Waals surface area contributed by atoms with Crippen LogP contribution < -0.4 is 10.6 Å². The fourth-order valence-corrected chi connectivity index (χ4v) is 4.65. The Morgan fingerprint density at radius 1 is 0.622 bits per heavy atom. The van der Waals surface area contributed by atoms with Gasteiger partial charge in [0.1, 0.15) is 11.4 Å². The average molecular weight is 511 g/mol. The predicted molar refractivity (Wildman–Crippen MR) is 149 cm³/mol. The summed E-state index contributed by atoms with van der Waals surface area (Å²) in [7, 11) is 0. The van der Waals surface area contributed by atoms with Crippen LogP contribution in [0.1, 0.15) is 40.0 Å². The van der Waals surface area contributed by atoms with Gasteiger partial charge in [0.25, 0.3) is 0 Å². The first-order chi connectivity index (χ1) is 18.1. The number of hydrogen-bond donors (Lipinski definition) is 2. The zero-order chi connectivity index (χ0) is 25.9. The number of carbonyl (C=O) groups excluding carboxylic acids is 2. The molecule has 0 aliphatic heterocycles. The molecule has 188 valence electrons. The smallest absolute Gasteiger partial charge is 0.243 e. The van der Waals surface area contributed by atoms with E-state index in [1.807, 2.05) is 84.9 Å². The van der Waals surface area contributed by atoms with E-state index in [2.05, 4.69) is 34.9 Å². The van der Waals surface area contributed by atoms with Crippen LogP contribution in [-0.2, 0) is 16.0 Å². The van der Waals surface area contributed by atoms with E-state index in [1.54, 1.807) is 12.1 Å². The molecule has 4 rings (SSSR count). The molecule has 0 aliphatic rings. The lowest BCUT2D eigenvalue weighted by molar-refractivity contribution is -0.128. The lowest BCUT2D eigenvalue weighted by atomic mass is 9.88. The lowest BCUT2D eigenvalue weighted by Crippen LogP contribution is -2.49. The van der Waals surface area contributed by atoms with Crippen molar-refractivity contribution in [3.05, 3.63) is 144 Å². The van der Waals surface area contributed by atoms with E-state index in [1.165, 1.54) is 11.1 Å². The highest BCUT2D eigenvalue weighted by atomic mass is 35.5. The quantitative estimate of drug-likeness (QED) is 0.242. The third kappa shape index (κ3) is 7.55. The van der Waals surface area contributed by atoms with E-state index in [4.69, 9.17) is 11.6 Å². The van der Waals surface area contributed by atoms with Gasteiger partial charge in [-0.05, 0) is 28.7 Å². The fourth-order valence-electron chi connectivity index (χ4n) is 4.44. The van der Waals surface area contributed by atoms with Crippen LogP contribution in [0.5, 0.6) is 0 Å². The standard InChI is InChI=1S/C32H31ClN2O2/c33-30(27-19-11-4-12-20-27)32(37)35-29(23-24-13-5-1-6-14-24)31(36)34-22-21-28(25-15-7-2-8-16-25)26-17-9-3-10-18-26/h1-20,28-30H,21-23H2,(H,34,36)(H,35,37). The Morgan fingerprint density at radius 3 is 1.59 bits per heavy atom. The Balaban J connectivity index is 1.44. The molecule has 4 aromatic rings. The molecule has 0 heterocycles. The van der Waals surface area contributed by atoms with Gasteiger partial charge in [-0.1, -0.05) is 121 Å². The summed E-state index contributed by atoms with van der Waals surface area (Å²) in [5, 5.41) is 5.06. The third-order valence-electron chi connectivity index (χ3n) is 6.37. The van der Waals surface area contributed by atoms with Crippen molar-refractivity contribution in [3.8, 4) is 0 Å². The second-order valence-electron chi connectivity index (χ2n) is 8.98. The van der Waals surface area contributed by atoms with E-state index in [9.17, 15) is 9.59 Å². The second kappa shape index (κ2) is 13.4. The van der Waals surface area contributed by atoms with Crippen LogP contribution in [0.25, 0.3) is 0 Å². The molecule has 0 fully saturated rings. The van der Waals surface area contributed by atoms with E-state index < -0.39 is 17.3 Å². The van der Waals surface area contributed by atoms with Crippen LogP contribution in [0.15, 0.2) is 121 Å². The number of halogens is 1. The molecule has 37 heavy (non-hydrogen) atoms. The Labute approximate surface area is 223 Å². The zero-order valence-corrected chi connectivity index (χ0v) is 21.4. The van der Waals surface area contributed by atoms with E-state index in [0.29, 0.717) is 18.5 Å². The van der Waals surface area contributed by atoms with Gasteiger partial charge >= 0.3 is 0 Å². The summed E-state index contributed by atoms with van der Waals surface area (Å²) in [5.74, 6) is -0.473. The molecule has 0 saturated carbocycles. The van der Waals surface area contributed by atoms with Gasteiger partial charge in [-0.15, -0.1) is 11.6 Å². The number of amides is 2. The van der Waals surface area contributed by atoms with Crippen molar-refractivity contribution in [1.29, 1.82) is 0 Å². The second-order valence-corrected chi connectivity index (χ2v) is 9.41. The van der Waals surface area contributed by atoms with Gasteiger partial charge in [0, 0.05) is 18.9 Å². The largest absolute Gasteiger partial charge is 0.354 e. The molecule has 0 bridgehead atoms. The highest BCUT2D eigenvalue weighted by molar-refractivity contribution is 6.30. The SMILES string of the molecule is O=C(NCCC(c1ccccc1)c1ccccc1)C(Cc1ccccc1)NC(=O)C(Cl)c1ccccc1. The van der Waals surface area contributed by atoms with Crippen molar-refractivity contribution >= 4 is 23.4 Å². The molecule has 4 aromatic carbocycles. The maximum Gasteiger partial charge on any atom is 0.243 e. The number of hydrogen-bond acceptors (Lipinski definition) is 2. The molecule has 0 spiro atoms. The van der Waals surface area contributed by atoms with Crippen LogP contribution in [0.3, 0.4) is 0 Å². The van der Waals surface area contributed by atoms with Gasteiger partial charge in [-0.2, -0.15) is 0 Å². The molecule has 4 nitrogen and oxygen atoms in total. The molecule has 2 unspecified atom stereocenters. The summed E-state index contributed by atoms with van der Waals surface area (Å²) in [6, 6.07) is 38.7. The maximum absolute atomic E-state index is 13.3. The fraction of sp³-hybridized carbons (Fsp3) is 0.188. The van der Waals surface area contributed by atoms with Gasteiger partial charge in [0.15, 0.2) is 0 Å². The molecule has 0 aliphatic carbocycles. The molecule has 2 atom stereocenters. The van der Waals surface area contributed by atoms with Crippen LogP contribution in [0, 0.1) is 0 Å². The molecule has 5 heteroatoms. The zero-order valence-electron chi connectivity index (χ0n) is 20.6. The molecule has 0 saturated heterocycles. The summed E-state index contributed by atoms with van der Waals surface area (Å²) in [4.78, 5) is 26.3. The van der Waals surface area contributed by atoms with E-state index in [0.717, 1.165) is 12.0 Å². The highest BCUT2D eigenvalue weighted by Gasteiger charge is 2.26. The molecular weight excluding hydrogens is 480 g/mol. The Hall–Kier alpha value is -3.89. The van der Waals surface area contributed by atoms with Crippen molar-refractivity contribution in [2.75, 3.05) is 6.54 Å². The van der Waals surface area contributed by atoms with Crippen molar-refractivity contribution in [2.24, 2.45) is 0 Å². The first-order valence-electron chi connectivity index (χ1n) is 12.5. The molecular formula is C32H31ClN2O2. The number of nitrogens with one attached hydrogen (secondary N) is 2. The Morgan fingerprint density at radius 2 is 1.08 bits per heavy atom. The molecule has 0 aromatic heterocycles. The molecule has 0 radical (unpaired) electrons. The first-order valence-corrected chi connectivity index (χ1v) is 13.0. The summed E-state index contributed by atoms with van der Waals surface area (Å²) < 4.78 is 0. The van der Waals surface area contributed by atoms with Crippen molar-refractivity contribution < 1.29 is 9.59 Å². The van der Waals surface area contributed by atoms with Crippen LogP contribution in [0.2, 0.25) is 0 Å². The normalized spacial score (nSPS) is 12.5. The minimum atomic E-state index is -0.882. The van der Waals surface area contributed by atoms with Crippen LogP contribution in [0.4, 0.5) is 0 Å².